The second-order valence-corrected chi connectivity index (χ2v) is 7.09. The lowest BCUT2D eigenvalue weighted by molar-refractivity contribution is -0.121. The minimum absolute atomic E-state index is 0.0677. The van der Waals surface area contributed by atoms with Crippen molar-refractivity contribution in [2.45, 2.75) is 18.8 Å². The number of amides is 2. The number of carbonyl (C=O) groups excluding carboxylic acids is 2. The summed E-state index contributed by atoms with van der Waals surface area (Å²) >= 11 is 0. The van der Waals surface area contributed by atoms with Crippen LogP contribution >= 0.6 is 0 Å². The van der Waals surface area contributed by atoms with Crippen LogP contribution in [0.3, 0.4) is 0 Å². The van der Waals surface area contributed by atoms with Gasteiger partial charge >= 0.3 is 6.09 Å². The summed E-state index contributed by atoms with van der Waals surface area (Å²) in [5.41, 5.74) is 2.05. The minimum Gasteiger partial charge on any atom is -0.454 e. The standard InChI is InChI=1S/C22H24N2O5/c25-21(23-9-11-24-10-4-12-27-22(24)26)14-18(16-5-2-1-3-6-16)17-7-8-19-20(13-17)29-15-28-19/h1-3,5-8,13,18H,4,9-12,14-15H2,(H,23,25). The summed E-state index contributed by atoms with van der Waals surface area (Å²) in [6.45, 7) is 2.20. The molecule has 0 aliphatic carbocycles. The first kappa shape index (κ1) is 19.1. The Balaban J connectivity index is 1.41. The number of benzene rings is 2. The summed E-state index contributed by atoms with van der Waals surface area (Å²) in [6.07, 6.45) is 0.807. The van der Waals surface area contributed by atoms with E-state index in [0.29, 0.717) is 38.4 Å². The molecule has 2 aromatic rings. The summed E-state index contributed by atoms with van der Waals surface area (Å²) in [7, 11) is 0. The van der Waals surface area contributed by atoms with Gasteiger partial charge in [0.2, 0.25) is 12.7 Å². The molecule has 1 N–H and O–H groups in total. The SMILES string of the molecule is O=C(CC(c1ccccc1)c1ccc2c(c1)OCO2)NCCN1CCCOC1=O. The Morgan fingerprint density at radius 3 is 2.69 bits per heavy atom. The van der Waals surface area contributed by atoms with Crippen molar-refractivity contribution in [2.75, 3.05) is 33.0 Å². The Kier molecular flexibility index (Phi) is 5.84. The third-order valence-electron chi connectivity index (χ3n) is 5.15. The number of hydrogen-bond donors (Lipinski definition) is 1. The van der Waals surface area contributed by atoms with Crippen molar-refractivity contribution in [1.29, 1.82) is 0 Å². The highest BCUT2D eigenvalue weighted by Crippen LogP contribution is 2.37. The van der Waals surface area contributed by atoms with Crippen molar-refractivity contribution in [1.82, 2.24) is 10.2 Å². The summed E-state index contributed by atoms with van der Waals surface area (Å²) in [5.74, 6) is 1.25. The van der Waals surface area contributed by atoms with E-state index in [1.807, 2.05) is 48.5 Å². The van der Waals surface area contributed by atoms with Gasteiger partial charge in [-0.2, -0.15) is 0 Å². The van der Waals surface area contributed by atoms with Crippen LogP contribution < -0.4 is 14.8 Å². The van der Waals surface area contributed by atoms with Gasteiger partial charge in [-0.1, -0.05) is 36.4 Å². The summed E-state index contributed by atoms with van der Waals surface area (Å²) < 4.78 is 15.9. The van der Waals surface area contributed by atoms with Gasteiger partial charge in [-0.05, 0) is 29.7 Å². The zero-order valence-corrected chi connectivity index (χ0v) is 16.1. The number of rotatable bonds is 7. The van der Waals surface area contributed by atoms with Gasteiger partial charge in [0.15, 0.2) is 11.5 Å². The molecule has 2 aromatic carbocycles. The molecule has 2 heterocycles. The van der Waals surface area contributed by atoms with Crippen LogP contribution in [0.15, 0.2) is 48.5 Å². The Morgan fingerprint density at radius 1 is 1.03 bits per heavy atom. The number of ether oxygens (including phenoxy) is 3. The van der Waals surface area contributed by atoms with E-state index in [0.717, 1.165) is 23.3 Å². The van der Waals surface area contributed by atoms with E-state index < -0.39 is 0 Å². The topological polar surface area (TPSA) is 77.1 Å². The molecule has 7 nitrogen and oxygen atoms in total. The van der Waals surface area contributed by atoms with Crippen molar-refractivity contribution >= 4 is 12.0 Å². The van der Waals surface area contributed by atoms with Crippen molar-refractivity contribution in [3.05, 3.63) is 59.7 Å². The Morgan fingerprint density at radius 2 is 1.86 bits per heavy atom. The molecule has 4 rings (SSSR count). The van der Waals surface area contributed by atoms with E-state index in [-0.39, 0.29) is 24.7 Å². The lowest BCUT2D eigenvalue weighted by atomic mass is 9.88. The lowest BCUT2D eigenvalue weighted by Gasteiger charge is -2.26. The first-order valence-corrected chi connectivity index (χ1v) is 9.83. The number of fused-ring (bicyclic) bond motifs is 1. The Bertz CT molecular complexity index is 871. The molecule has 7 heteroatoms. The van der Waals surface area contributed by atoms with Crippen LogP contribution in [0.5, 0.6) is 11.5 Å². The van der Waals surface area contributed by atoms with E-state index >= 15 is 0 Å². The van der Waals surface area contributed by atoms with Gasteiger partial charge in [0.05, 0.1) is 6.61 Å². The summed E-state index contributed by atoms with van der Waals surface area (Å²) in [6, 6.07) is 15.7. The third kappa shape index (κ3) is 4.62. The van der Waals surface area contributed by atoms with Crippen molar-refractivity contribution in [2.24, 2.45) is 0 Å². The van der Waals surface area contributed by atoms with E-state index in [4.69, 9.17) is 14.2 Å². The van der Waals surface area contributed by atoms with Crippen LogP contribution in [0, 0.1) is 0 Å². The van der Waals surface area contributed by atoms with Gasteiger partial charge in [0, 0.05) is 32.0 Å². The number of cyclic esters (lactones) is 1. The largest absolute Gasteiger partial charge is 0.454 e. The maximum atomic E-state index is 12.7. The lowest BCUT2D eigenvalue weighted by Crippen LogP contribution is -2.42. The highest BCUT2D eigenvalue weighted by atomic mass is 16.7. The fraction of sp³-hybridized carbons (Fsp3) is 0.364. The van der Waals surface area contributed by atoms with E-state index in [1.54, 1.807) is 4.90 Å². The summed E-state index contributed by atoms with van der Waals surface area (Å²) in [4.78, 5) is 26.0. The zero-order chi connectivity index (χ0) is 20.1. The fourth-order valence-corrected chi connectivity index (χ4v) is 3.63. The molecule has 1 unspecified atom stereocenters. The molecule has 2 amide bonds. The molecule has 1 atom stereocenters. The van der Waals surface area contributed by atoms with Crippen molar-refractivity contribution < 1.29 is 23.8 Å². The smallest absolute Gasteiger partial charge is 0.409 e. The molecule has 0 saturated carbocycles. The highest BCUT2D eigenvalue weighted by molar-refractivity contribution is 5.77. The summed E-state index contributed by atoms with van der Waals surface area (Å²) in [5, 5.41) is 2.93. The predicted molar refractivity (Wildman–Crippen MR) is 106 cm³/mol. The number of carbonyl (C=O) groups is 2. The highest BCUT2D eigenvalue weighted by Gasteiger charge is 2.23. The quantitative estimate of drug-likeness (QED) is 0.779. The number of nitrogens with zero attached hydrogens (tertiary/aromatic N) is 1. The maximum Gasteiger partial charge on any atom is 0.409 e. The van der Waals surface area contributed by atoms with Crippen LogP contribution in [0.1, 0.15) is 29.9 Å². The van der Waals surface area contributed by atoms with Gasteiger partial charge < -0.3 is 24.4 Å². The molecular formula is C22H24N2O5. The monoisotopic (exact) mass is 396 g/mol. The third-order valence-corrected chi connectivity index (χ3v) is 5.15. The van der Waals surface area contributed by atoms with E-state index in [9.17, 15) is 9.59 Å². The molecule has 0 aromatic heterocycles. The average molecular weight is 396 g/mol. The predicted octanol–water partition coefficient (Wildman–Crippen LogP) is 2.90. The minimum atomic E-state index is -0.312. The maximum absolute atomic E-state index is 12.7. The first-order chi connectivity index (χ1) is 14.2. The number of hydrogen-bond acceptors (Lipinski definition) is 5. The molecule has 29 heavy (non-hydrogen) atoms. The van der Waals surface area contributed by atoms with Crippen LogP contribution in [0.25, 0.3) is 0 Å². The van der Waals surface area contributed by atoms with E-state index in [1.165, 1.54) is 0 Å². The molecule has 2 aliphatic rings. The Hall–Kier alpha value is -3.22. The van der Waals surface area contributed by atoms with Gasteiger partial charge in [-0.3, -0.25) is 4.79 Å². The molecule has 0 spiro atoms. The second kappa shape index (κ2) is 8.86. The van der Waals surface area contributed by atoms with E-state index in [2.05, 4.69) is 5.32 Å². The molecule has 1 saturated heterocycles. The van der Waals surface area contributed by atoms with Gasteiger partial charge in [0.25, 0.3) is 0 Å². The second-order valence-electron chi connectivity index (χ2n) is 7.09. The van der Waals surface area contributed by atoms with Crippen LogP contribution in [0.2, 0.25) is 0 Å². The van der Waals surface area contributed by atoms with Crippen LogP contribution in [0.4, 0.5) is 4.79 Å². The van der Waals surface area contributed by atoms with Gasteiger partial charge in [-0.25, -0.2) is 4.79 Å². The molecule has 2 aliphatic heterocycles. The molecule has 0 bridgehead atoms. The van der Waals surface area contributed by atoms with Crippen LogP contribution in [-0.4, -0.2) is 49.9 Å². The fourth-order valence-electron chi connectivity index (χ4n) is 3.63. The molecule has 1 fully saturated rings. The number of nitrogens with one attached hydrogen (secondary N) is 1. The molecular weight excluding hydrogens is 372 g/mol. The van der Waals surface area contributed by atoms with Crippen LogP contribution in [-0.2, 0) is 9.53 Å². The van der Waals surface area contributed by atoms with Gasteiger partial charge in [0.1, 0.15) is 0 Å². The average Bonchev–Trinajstić information content (AvgIpc) is 3.22. The van der Waals surface area contributed by atoms with Crippen molar-refractivity contribution in [3.8, 4) is 11.5 Å². The first-order valence-electron chi connectivity index (χ1n) is 9.83. The Labute approximate surface area is 169 Å². The normalized spacial score (nSPS) is 16.3. The molecule has 152 valence electrons. The zero-order valence-electron chi connectivity index (χ0n) is 16.1. The van der Waals surface area contributed by atoms with Crippen molar-refractivity contribution in [3.63, 3.8) is 0 Å². The molecule has 0 radical (unpaired) electrons. The van der Waals surface area contributed by atoms with Gasteiger partial charge in [-0.15, -0.1) is 0 Å².